The number of rotatable bonds is 8. The predicted octanol–water partition coefficient (Wildman–Crippen LogP) is 6.80. The summed E-state index contributed by atoms with van der Waals surface area (Å²) in [5.74, 6) is 0.622. The Labute approximate surface area is 286 Å². The van der Waals surface area contributed by atoms with Gasteiger partial charge < -0.3 is 10.2 Å². The number of nitrogens with zero attached hydrogens (tertiary/aromatic N) is 5. The molecule has 2 aliphatic heterocycles. The molecule has 1 unspecified atom stereocenters. The van der Waals surface area contributed by atoms with E-state index in [4.69, 9.17) is 16.6 Å². The molecule has 0 saturated carbocycles. The fourth-order valence-electron chi connectivity index (χ4n) is 6.42. The maximum absolute atomic E-state index is 13.9. The molecule has 9 nitrogen and oxygen atoms in total. The maximum Gasteiger partial charge on any atom is 0.432 e. The van der Waals surface area contributed by atoms with Crippen LogP contribution in [0.4, 0.5) is 23.8 Å². The van der Waals surface area contributed by atoms with Crippen molar-refractivity contribution in [2.24, 2.45) is 0 Å². The Bertz CT molecular complexity index is 1870. The lowest BCUT2D eigenvalue weighted by atomic mass is 10.1. The van der Waals surface area contributed by atoms with E-state index in [0.717, 1.165) is 48.7 Å². The normalized spacial score (nSPS) is 20.6. The van der Waals surface area contributed by atoms with E-state index in [0.29, 0.717) is 52.9 Å². The van der Waals surface area contributed by atoms with E-state index in [1.807, 2.05) is 24.4 Å². The molecule has 15 heteroatoms. The number of hydrogen-bond acceptors (Lipinski definition) is 8. The van der Waals surface area contributed by atoms with E-state index in [1.165, 1.54) is 24.3 Å². The molecule has 2 atom stereocenters. The summed E-state index contributed by atoms with van der Waals surface area (Å²) in [5, 5.41) is 2.88. The largest absolute Gasteiger partial charge is 0.432 e. The summed E-state index contributed by atoms with van der Waals surface area (Å²) in [5.41, 5.74) is 1.93. The quantitative estimate of drug-likeness (QED) is 0.200. The van der Waals surface area contributed by atoms with Crippen molar-refractivity contribution >= 4 is 44.8 Å². The molecular weight excluding hydrogens is 685 g/mol. The molecule has 2 saturated heterocycles. The number of thiophene rings is 1. The van der Waals surface area contributed by atoms with E-state index in [-0.39, 0.29) is 17.3 Å². The predicted molar refractivity (Wildman–Crippen MR) is 179 cm³/mol. The van der Waals surface area contributed by atoms with Crippen LogP contribution < -0.4 is 10.2 Å². The Hall–Kier alpha value is -3.56. The number of quaternary nitrogens is 1. The fraction of sp³-hybridized carbons (Fsp3) is 0.364. The minimum atomic E-state index is -4.47. The van der Waals surface area contributed by atoms with E-state index < -0.39 is 37.7 Å². The highest BCUT2D eigenvalue weighted by Gasteiger charge is 2.57. The number of piperazine rings is 1. The number of halogens is 4. The minimum Gasteiger partial charge on any atom is -0.354 e. The van der Waals surface area contributed by atoms with Crippen LogP contribution in [0.1, 0.15) is 36.5 Å². The Balaban J connectivity index is 1.26. The first-order valence-electron chi connectivity index (χ1n) is 15.6. The van der Waals surface area contributed by atoms with Gasteiger partial charge in [0.2, 0.25) is 0 Å². The maximum atomic E-state index is 13.9. The highest BCUT2D eigenvalue weighted by Crippen LogP contribution is 2.39. The van der Waals surface area contributed by atoms with Crippen molar-refractivity contribution in [3.05, 3.63) is 94.1 Å². The van der Waals surface area contributed by atoms with Gasteiger partial charge in [0.05, 0.1) is 15.6 Å². The van der Waals surface area contributed by atoms with Crippen LogP contribution in [0, 0.1) is 0 Å². The number of benzene rings is 1. The molecule has 2 fully saturated rings. The van der Waals surface area contributed by atoms with Crippen molar-refractivity contribution in [3.8, 4) is 11.3 Å². The van der Waals surface area contributed by atoms with Crippen molar-refractivity contribution in [2.45, 2.75) is 49.3 Å². The molecule has 254 valence electrons. The second-order valence-electron chi connectivity index (χ2n) is 12.1. The molecule has 1 aromatic carbocycles. The molecule has 4 aromatic rings. The highest BCUT2D eigenvalue weighted by atomic mass is 35.5. The summed E-state index contributed by atoms with van der Waals surface area (Å²) >= 11 is 7.00. The lowest BCUT2D eigenvalue weighted by molar-refractivity contribution is -0.733. The number of urea groups is 1. The van der Waals surface area contributed by atoms with Crippen LogP contribution in [0.25, 0.3) is 11.3 Å². The monoisotopic (exact) mass is 719 g/mol. The summed E-state index contributed by atoms with van der Waals surface area (Å²) in [6, 6.07) is 14.1. The molecule has 48 heavy (non-hydrogen) atoms. The molecular formula is C33H35ClF3N6O3S2+. The van der Waals surface area contributed by atoms with Crippen LogP contribution in [-0.2, 0) is 29.3 Å². The zero-order valence-corrected chi connectivity index (χ0v) is 28.5. The Morgan fingerprint density at radius 2 is 1.81 bits per heavy atom. The lowest BCUT2D eigenvalue weighted by Gasteiger charge is -2.36. The number of amides is 2. The number of likely N-dealkylation sites (tertiary alicyclic amines) is 1. The van der Waals surface area contributed by atoms with Crippen LogP contribution in [0.5, 0.6) is 0 Å². The lowest BCUT2D eigenvalue weighted by Crippen LogP contribution is -2.62. The van der Waals surface area contributed by atoms with Gasteiger partial charge in [0, 0.05) is 70.1 Å². The molecule has 5 heterocycles. The molecule has 3 aromatic heterocycles. The van der Waals surface area contributed by atoms with Gasteiger partial charge in [-0.3, -0.25) is 9.88 Å². The number of pyridine rings is 2. The van der Waals surface area contributed by atoms with Crippen LogP contribution in [-0.4, -0.2) is 72.0 Å². The van der Waals surface area contributed by atoms with Gasteiger partial charge in [-0.15, -0.1) is 15.2 Å². The Kier molecular flexibility index (Phi) is 9.83. The number of aromatic nitrogens is 2. The van der Waals surface area contributed by atoms with Gasteiger partial charge in [-0.1, -0.05) is 29.8 Å². The number of sulfonamides is 1. The first-order valence-corrected chi connectivity index (χ1v) is 18.2. The zero-order chi connectivity index (χ0) is 34.1. The van der Waals surface area contributed by atoms with E-state index in [1.54, 1.807) is 19.2 Å². The van der Waals surface area contributed by atoms with Crippen molar-refractivity contribution in [2.75, 3.05) is 37.6 Å². The molecule has 0 bridgehead atoms. The summed E-state index contributed by atoms with van der Waals surface area (Å²) in [7, 11) is -4.11. The van der Waals surface area contributed by atoms with E-state index >= 15 is 0 Å². The van der Waals surface area contributed by atoms with E-state index in [2.05, 4.69) is 20.1 Å². The van der Waals surface area contributed by atoms with Gasteiger partial charge in [-0.2, -0.15) is 21.6 Å². The average molecular weight is 720 g/mol. The number of hydrogen-bond donors (Lipinski definition) is 1. The van der Waals surface area contributed by atoms with Gasteiger partial charge >= 0.3 is 22.2 Å². The molecule has 2 amide bonds. The molecule has 1 N–H and O–H groups in total. The topological polar surface area (TPSA) is 95.5 Å². The zero-order valence-electron chi connectivity index (χ0n) is 26.2. The molecule has 0 radical (unpaired) electrons. The first-order chi connectivity index (χ1) is 22.9. The first kappa shape index (κ1) is 34.3. The summed E-state index contributed by atoms with van der Waals surface area (Å²) in [4.78, 5) is 27.4. The van der Waals surface area contributed by atoms with Crippen LogP contribution in [0.2, 0.25) is 4.34 Å². The third kappa shape index (κ3) is 6.95. The van der Waals surface area contributed by atoms with Gasteiger partial charge in [0.25, 0.3) is 0 Å². The number of carbonyl (C=O) groups is 1. The van der Waals surface area contributed by atoms with Crippen LogP contribution in [0.15, 0.2) is 77.3 Å². The highest BCUT2D eigenvalue weighted by molar-refractivity contribution is 7.88. The van der Waals surface area contributed by atoms with Crippen LogP contribution >= 0.6 is 22.9 Å². The third-order valence-corrected chi connectivity index (χ3v) is 13.2. The molecule has 6 rings (SSSR count). The number of alkyl halides is 3. The second kappa shape index (κ2) is 13.7. The summed E-state index contributed by atoms with van der Waals surface area (Å²) in [6.45, 7) is 5.50. The summed E-state index contributed by atoms with van der Waals surface area (Å²) in [6.07, 6.45) is 0.243. The van der Waals surface area contributed by atoms with Gasteiger partial charge in [-0.05, 0) is 60.5 Å². The van der Waals surface area contributed by atoms with Crippen LogP contribution in [0.3, 0.4) is 0 Å². The minimum absolute atomic E-state index is 0.00357. The number of nitrogens with one attached hydrogen (secondary N) is 1. The summed E-state index contributed by atoms with van der Waals surface area (Å²) < 4.78 is 67.4. The van der Waals surface area contributed by atoms with Gasteiger partial charge in [0.15, 0.2) is 4.21 Å². The van der Waals surface area contributed by atoms with Crippen molar-refractivity contribution in [3.63, 3.8) is 0 Å². The smallest absolute Gasteiger partial charge is 0.354 e. The Morgan fingerprint density at radius 3 is 2.42 bits per heavy atom. The van der Waals surface area contributed by atoms with Crippen molar-refractivity contribution < 1.29 is 30.3 Å². The molecule has 0 spiro atoms. The number of anilines is 1. The van der Waals surface area contributed by atoms with E-state index in [9.17, 15) is 26.4 Å². The number of carbonyl (C=O) groups excluding carboxylic acids is 1. The van der Waals surface area contributed by atoms with Crippen molar-refractivity contribution in [1.82, 2.24) is 20.2 Å². The van der Waals surface area contributed by atoms with Gasteiger partial charge in [0.1, 0.15) is 18.4 Å². The Morgan fingerprint density at radius 1 is 1.06 bits per heavy atom. The molecule has 2 aliphatic rings. The molecule has 0 aliphatic carbocycles. The van der Waals surface area contributed by atoms with Crippen molar-refractivity contribution in [1.29, 1.82) is 0 Å². The SMILES string of the molecule is C[C@@H]1CCC[N+]1(C(=O)NCc1cc(-c2ccc(C(F)(F)F)cc2)nc(N2CCN(Cc3cccnc3)CC2)c1)S(=O)(=O)c1ccc(Cl)s1. The average Bonchev–Trinajstić information content (AvgIpc) is 3.70. The fourth-order valence-corrected chi connectivity index (χ4v) is 10.2. The third-order valence-electron chi connectivity index (χ3n) is 9.05. The standard InChI is InChI=1S/C33H34ClF3N6O3S2/c1-23-4-3-17-43(23,48(45,46)31-11-10-29(34)47-31)32(44)39-21-25-18-28(26-6-8-27(9-7-26)33(35,36)37)40-30(19-25)42-15-13-41(14-16-42)22-24-5-2-12-38-20-24/h2,5-12,18-20,23H,3-4,13-17,21-22H2,1H3/p+1/t23-,43?/m1/s1. The second-order valence-corrected chi connectivity index (χ2v) is 16.1. The van der Waals surface area contributed by atoms with Gasteiger partial charge in [-0.25, -0.2) is 9.78 Å².